The molecule has 0 saturated carbocycles. The highest BCUT2D eigenvalue weighted by Gasteiger charge is 2.12. The quantitative estimate of drug-likeness (QED) is 0.806. The molecule has 0 unspecified atom stereocenters. The largest absolute Gasteiger partial charge is 0.496 e. The van der Waals surface area contributed by atoms with Crippen LogP contribution >= 0.6 is 0 Å². The van der Waals surface area contributed by atoms with E-state index in [4.69, 9.17) is 4.74 Å². The van der Waals surface area contributed by atoms with Crippen LogP contribution < -0.4 is 10.1 Å². The molecule has 0 saturated heterocycles. The molecule has 1 heterocycles. The molecule has 4 nitrogen and oxygen atoms in total. The Kier molecular flexibility index (Phi) is 3.93. The number of carbonyl (C=O) groups is 1. The molecule has 1 aromatic heterocycles. The molecule has 23 heavy (non-hydrogen) atoms. The predicted molar refractivity (Wildman–Crippen MR) is 87.1 cm³/mol. The Hall–Kier alpha value is -2.95. The number of methoxy groups -OCH3 is 1. The number of hydrogen-bond donors (Lipinski definition) is 1. The van der Waals surface area contributed by atoms with Gasteiger partial charge in [0.15, 0.2) is 0 Å². The summed E-state index contributed by atoms with van der Waals surface area (Å²) in [5, 5.41) is 3.01. The van der Waals surface area contributed by atoms with Gasteiger partial charge in [0.05, 0.1) is 12.6 Å². The minimum atomic E-state index is -0.335. The second-order valence-corrected chi connectivity index (χ2v) is 5.02. The second-order valence-electron chi connectivity index (χ2n) is 5.02. The maximum atomic E-state index is 14.0. The van der Waals surface area contributed by atoms with Crippen LogP contribution in [0.15, 0.2) is 48.7 Å². The van der Waals surface area contributed by atoms with Gasteiger partial charge in [-0.2, -0.15) is 0 Å². The van der Waals surface area contributed by atoms with Crippen LogP contribution in [0.3, 0.4) is 0 Å². The monoisotopic (exact) mass is 310 g/mol. The van der Waals surface area contributed by atoms with E-state index in [1.807, 2.05) is 0 Å². The molecule has 2 aromatic carbocycles. The van der Waals surface area contributed by atoms with E-state index in [2.05, 4.69) is 10.3 Å². The molecule has 0 bridgehead atoms. The van der Waals surface area contributed by atoms with E-state index in [-0.39, 0.29) is 11.7 Å². The molecule has 3 rings (SSSR count). The van der Waals surface area contributed by atoms with Gasteiger partial charge in [-0.15, -0.1) is 0 Å². The fraction of sp³-hybridized carbons (Fsp3) is 0.111. The fourth-order valence-corrected chi connectivity index (χ4v) is 2.48. The number of nitrogens with one attached hydrogen (secondary N) is 1. The van der Waals surface area contributed by atoms with Crippen molar-refractivity contribution in [1.29, 1.82) is 0 Å². The van der Waals surface area contributed by atoms with Gasteiger partial charge < -0.3 is 10.1 Å². The van der Waals surface area contributed by atoms with Gasteiger partial charge in [0, 0.05) is 35.3 Å². The van der Waals surface area contributed by atoms with Crippen LogP contribution in [0.5, 0.6) is 5.75 Å². The van der Waals surface area contributed by atoms with Crippen molar-refractivity contribution >= 4 is 16.8 Å². The number of aromatic nitrogens is 1. The van der Waals surface area contributed by atoms with Crippen molar-refractivity contribution < 1.29 is 13.9 Å². The van der Waals surface area contributed by atoms with Crippen molar-refractivity contribution in [2.45, 2.75) is 0 Å². The Morgan fingerprint density at radius 2 is 2.04 bits per heavy atom. The summed E-state index contributed by atoms with van der Waals surface area (Å²) in [5.41, 5.74) is 2.45. The first kappa shape index (κ1) is 15.0. The van der Waals surface area contributed by atoms with Crippen molar-refractivity contribution in [3.05, 3.63) is 60.0 Å². The molecule has 0 aliphatic carbocycles. The minimum absolute atomic E-state index is 0.200. The summed E-state index contributed by atoms with van der Waals surface area (Å²) in [6.45, 7) is 0. The lowest BCUT2D eigenvalue weighted by molar-refractivity contribution is 0.0963. The summed E-state index contributed by atoms with van der Waals surface area (Å²) in [6, 6.07) is 11.6. The summed E-state index contributed by atoms with van der Waals surface area (Å²) < 4.78 is 19.3. The van der Waals surface area contributed by atoms with E-state index >= 15 is 0 Å². The third-order valence-electron chi connectivity index (χ3n) is 3.67. The Morgan fingerprint density at radius 1 is 1.22 bits per heavy atom. The number of hydrogen-bond acceptors (Lipinski definition) is 3. The van der Waals surface area contributed by atoms with Gasteiger partial charge in [-0.1, -0.05) is 6.07 Å². The highest BCUT2D eigenvalue weighted by Crippen LogP contribution is 2.32. The van der Waals surface area contributed by atoms with Crippen molar-refractivity contribution in [3.63, 3.8) is 0 Å². The van der Waals surface area contributed by atoms with Crippen molar-refractivity contribution in [1.82, 2.24) is 10.3 Å². The maximum Gasteiger partial charge on any atom is 0.251 e. The zero-order valence-corrected chi connectivity index (χ0v) is 12.8. The van der Waals surface area contributed by atoms with Crippen LogP contribution in [-0.2, 0) is 0 Å². The van der Waals surface area contributed by atoms with E-state index in [0.29, 0.717) is 33.3 Å². The van der Waals surface area contributed by atoms with Crippen LogP contribution in [-0.4, -0.2) is 25.0 Å². The van der Waals surface area contributed by atoms with E-state index in [1.54, 1.807) is 56.8 Å². The summed E-state index contributed by atoms with van der Waals surface area (Å²) in [7, 11) is 3.12. The topological polar surface area (TPSA) is 51.2 Å². The summed E-state index contributed by atoms with van der Waals surface area (Å²) in [6.07, 6.45) is 1.65. The van der Waals surface area contributed by atoms with Gasteiger partial charge in [-0.3, -0.25) is 9.78 Å². The van der Waals surface area contributed by atoms with Crippen molar-refractivity contribution in [2.24, 2.45) is 0 Å². The number of carbonyl (C=O) groups excluding carboxylic acids is 1. The van der Waals surface area contributed by atoms with Gasteiger partial charge in [0.2, 0.25) is 0 Å². The molecule has 0 spiro atoms. The van der Waals surface area contributed by atoms with Gasteiger partial charge in [-0.25, -0.2) is 4.39 Å². The Balaban J connectivity index is 2.20. The predicted octanol–water partition coefficient (Wildman–Crippen LogP) is 3.41. The number of rotatable bonds is 3. The highest BCUT2D eigenvalue weighted by atomic mass is 19.1. The molecule has 0 aliphatic rings. The highest BCUT2D eigenvalue weighted by molar-refractivity contribution is 5.96. The van der Waals surface area contributed by atoms with Crippen molar-refractivity contribution in [2.75, 3.05) is 14.2 Å². The molecular formula is C18H15FN2O2. The van der Waals surface area contributed by atoms with Crippen LogP contribution in [0.25, 0.3) is 22.0 Å². The first-order chi connectivity index (χ1) is 11.1. The molecule has 3 aromatic rings. The zero-order chi connectivity index (χ0) is 16.4. The van der Waals surface area contributed by atoms with Crippen LogP contribution in [0.1, 0.15) is 10.4 Å². The van der Waals surface area contributed by atoms with Gasteiger partial charge in [0.25, 0.3) is 5.91 Å². The zero-order valence-electron chi connectivity index (χ0n) is 12.8. The number of fused-ring (bicyclic) bond motifs is 1. The fourth-order valence-electron chi connectivity index (χ4n) is 2.48. The normalized spacial score (nSPS) is 10.6. The number of ether oxygens (including phenoxy) is 1. The van der Waals surface area contributed by atoms with Crippen molar-refractivity contribution in [3.8, 4) is 16.9 Å². The lowest BCUT2D eigenvalue weighted by atomic mass is 10.0. The van der Waals surface area contributed by atoms with Gasteiger partial charge in [0.1, 0.15) is 11.6 Å². The van der Waals surface area contributed by atoms with Crippen LogP contribution in [0.2, 0.25) is 0 Å². The summed E-state index contributed by atoms with van der Waals surface area (Å²) >= 11 is 0. The van der Waals surface area contributed by atoms with E-state index in [1.165, 1.54) is 6.07 Å². The molecule has 5 heteroatoms. The first-order valence-corrected chi connectivity index (χ1v) is 7.09. The third-order valence-corrected chi connectivity index (χ3v) is 3.67. The molecule has 1 amide bonds. The van der Waals surface area contributed by atoms with E-state index < -0.39 is 0 Å². The molecule has 116 valence electrons. The van der Waals surface area contributed by atoms with Crippen LogP contribution in [0.4, 0.5) is 4.39 Å². The molecule has 0 aliphatic heterocycles. The standard InChI is InChI=1S/C18H15FN2O2/c1-20-18(22)11-6-7-17(23-2)13(8-11)12-9-14-15(19)4-3-5-16(14)21-10-12/h3-10H,1-2H3,(H,20,22). The Labute approximate surface area is 132 Å². The van der Waals surface area contributed by atoms with Gasteiger partial charge in [-0.05, 0) is 36.4 Å². The average molecular weight is 310 g/mol. The molecule has 0 fully saturated rings. The molecule has 0 radical (unpaired) electrons. The first-order valence-electron chi connectivity index (χ1n) is 7.09. The number of halogens is 1. The van der Waals surface area contributed by atoms with E-state index in [0.717, 1.165) is 0 Å². The second kappa shape index (κ2) is 6.04. The number of amides is 1. The number of benzene rings is 2. The lowest BCUT2D eigenvalue weighted by Crippen LogP contribution is -2.17. The van der Waals surface area contributed by atoms with Crippen LogP contribution in [0, 0.1) is 5.82 Å². The summed E-state index contributed by atoms with van der Waals surface area (Å²) in [4.78, 5) is 16.1. The van der Waals surface area contributed by atoms with E-state index in [9.17, 15) is 9.18 Å². The summed E-state index contributed by atoms with van der Waals surface area (Å²) in [5.74, 6) is 0.0576. The Bertz CT molecular complexity index is 893. The lowest BCUT2D eigenvalue weighted by Gasteiger charge is -2.11. The maximum absolute atomic E-state index is 14.0. The number of pyridine rings is 1. The van der Waals surface area contributed by atoms with Gasteiger partial charge >= 0.3 is 0 Å². The molecule has 0 atom stereocenters. The third kappa shape index (κ3) is 2.73. The Morgan fingerprint density at radius 3 is 2.78 bits per heavy atom. The number of nitrogens with zero attached hydrogens (tertiary/aromatic N) is 1. The molecular weight excluding hydrogens is 295 g/mol. The minimum Gasteiger partial charge on any atom is -0.496 e. The SMILES string of the molecule is CNC(=O)c1ccc(OC)c(-c2cnc3cccc(F)c3c2)c1. The smallest absolute Gasteiger partial charge is 0.251 e. The molecule has 1 N–H and O–H groups in total. The average Bonchev–Trinajstić information content (AvgIpc) is 2.60.